The number of sulfonamides is 1. The summed E-state index contributed by atoms with van der Waals surface area (Å²) >= 11 is 9.95. The van der Waals surface area contributed by atoms with Crippen LogP contribution in [0.2, 0.25) is 5.02 Å². The summed E-state index contributed by atoms with van der Waals surface area (Å²) in [5.74, 6) is -0.829. The van der Waals surface area contributed by atoms with Crippen molar-refractivity contribution in [2.45, 2.75) is 50.6 Å². The van der Waals surface area contributed by atoms with Crippen LogP contribution in [-0.4, -0.2) is 44.3 Å². The van der Waals surface area contributed by atoms with Crippen LogP contribution in [0.15, 0.2) is 112 Å². The second kappa shape index (κ2) is 16.1. The zero-order chi connectivity index (χ0) is 32.4. The number of anilines is 1. The fourth-order valence-corrected chi connectivity index (χ4v) is 6.93. The highest BCUT2D eigenvalue weighted by Crippen LogP contribution is 2.29. The van der Waals surface area contributed by atoms with E-state index in [0.29, 0.717) is 11.6 Å². The standard InChI is InChI=1S/C35H37BrClN3O4S/c1-3-4-20-38-35(42)33(22-27-12-7-5-8-13-27)39(24-28-14-11-15-29(36)21-28)34(41)25-40(30-19-18-26(2)32(37)23-30)45(43,44)31-16-9-6-10-17-31/h5-19,21,23,33H,3-4,20,22,24-25H2,1-2H3,(H,38,42). The van der Waals surface area contributed by atoms with Crippen LogP contribution in [0.4, 0.5) is 5.69 Å². The quantitative estimate of drug-likeness (QED) is 0.141. The molecule has 0 aliphatic rings. The molecule has 0 spiro atoms. The van der Waals surface area contributed by atoms with Gasteiger partial charge in [-0.15, -0.1) is 0 Å². The van der Waals surface area contributed by atoms with E-state index in [0.717, 1.165) is 38.3 Å². The van der Waals surface area contributed by atoms with Gasteiger partial charge in [0.05, 0.1) is 10.6 Å². The van der Waals surface area contributed by atoms with Crippen molar-refractivity contribution in [1.82, 2.24) is 10.2 Å². The molecule has 0 bridgehead atoms. The highest BCUT2D eigenvalue weighted by Gasteiger charge is 2.34. The molecule has 45 heavy (non-hydrogen) atoms. The molecular formula is C35H37BrClN3O4S. The Kier molecular flexibility index (Phi) is 12.2. The molecule has 0 saturated heterocycles. The second-order valence-electron chi connectivity index (χ2n) is 10.8. The number of nitrogens with zero attached hydrogens (tertiary/aromatic N) is 2. The van der Waals surface area contributed by atoms with Crippen molar-refractivity contribution in [1.29, 1.82) is 0 Å². The third kappa shape index (κ3) is 9.19. The molecule has 1 atom stereocenters. The summed E-state index contributed by atoms with van der Waals surface area (Å²) in [6, 6.07) is 28.9. The average Bonchev–Trinajstić information content (AvgIpc) is 3.03. The first kappa shape index (κ1) is 34.2. The molecule has 0 radical (unpaired) electrons. The van der Waals surface area contributed by atoms with Crippen molar-refractivity contribution >= 4 is 55.1 Å². The second-order valence-corrected chi connectivity index (χ2v) is 13.9. The number of hydrogen-bond acceptors (Lipinski definition) is 4. The van der Waals surface area contributed by atoms with Gasteiger partial charge in [-0.25, -0.2) is 8.42 Å². The predicted molar refractivity (Wildman–Crippen MR) is 184 cm³/mol. The molecule has 0 heterocycles. The number of aryl methyl sites for hydroxylation is 1. The van der Waals surface area contributed by atoms with Gasteiger partial charge in [-0.3, -0.25) is 13.9 Å². The molecule has 1 unspecified atom stereocenters. The van der Waals surface area contributed by atoms with Crippen LogP contribution in [0, 0.1) is 6.92 Å². The van der Waals surface area contributed by atoms with Crippen LogP contribution < -0.4 is 9.62 Å². The first-order valence-corrected chi connectivity index (χ1v) is 17.4. The summed E-state index contributed by atoms with van der Waals surface area (Å²) in [6.07, 6.45) is 1.94. The van der Waals surface area contributed by atoms with Crippen LogP contribution in [0.25, 0.3) is 0 Å². The van der Waals surface area contributed by atoms with Gasteiger partial charge in [0.25, 0.3) is 10.0 Å². The van der Waals surface area contributed by atoms with E-state index in [4.69, 9.17) is 11.6 Å². The molecule has 0 aliphatic carbocycles. The van der Waals surface area contributed by atoms with Crippen LogP contribution in [-0.2, 0) is 32.6 Å². The number of benzene rings is 4. The van der Waals surface area contributed by atoms with E-state index < -0.39 is 28.5 Å². The van der Waals surface area contributed by atoms with Crippen molar-refractivity contribution in [2.75, 3.05) is 17.4 Å². The Labute approximate surface area is 279 Å². The summed E-state index contributed by atoms with van der Waals surface area (Å²) in [5, 5.41) is 3.37. The monoisotopic (exact) mass is 709 g/mol. The predicted octanol–water partition coefficient (Wildman–Crippen LogP) is 7.16. The Hall–Kier alpha value is -3.66. The van der Waals surface area contributed by atoms with Crippen LogP contribution in [0.5, 0.6) is 0 Å². The van der Waals surface area contributed by atoms with Gasteiger partial charge in [0.15, 0.2) is 0 Å². The van der Waals surface area contributed by atoms with E-state index >= 15 is 0 Å². The Bertz CT molecular complexity index is 1700. The van der Waals surface area contributed by atoms with Gasteiger partial charge >= 0.3 is 0 Å². The van der Waals surface area contributed by atoms with E-state index in [-0.39, 0.29) is 29.5 Å². The number of rotatable bonds is 14. The first-order chi connectivity index (χ1) is 21.6. The van der Waals surface area contributed by atoms with E-state index in [1.54, 1.807) is 36.4 Å². The Morgan fingerprint density at radius 1 is 0.889 bits per heavy atom. The molecule has 0 fully saturated rings. The number of carbonyl (C=O) groups is 2. The van der Waals surface area contributed by atoms with Gasteiger partial charge in [-0.2, -0.15) is 0 Å². The van der Waals surface area contributed by atoms with Crippen LogP contribution in [0.1, 0.15) is 36.5 Å². The molecule has 236 valence electrons. The summed E-state index contributed by atoms with van der Waals surface area (Å²) in [4.78, 5) is 29.8. The molecule has 4 rings (SSSR count). The van der Waals surface area contributed by atoms with Crippen molar-refractivity contribution in [3.63, 3.8) is 0 Å². The lowest BCUT2D eigenvalue weighted by molar-refractivity contribution is -0.140. The highest BCUT2D eigenvalue weighted by atomic mass is 79.9. The highest BCUT2D eigenvalue weighted by molar-refractivity contribution is 9.10. The zero-order valence-corrected chi connectivity index (χ0v) is 28.5. The SMILES string of the molecule is CCCCNC(=O)C(Cc1ccccc1)N(Cc1cccc(Br)c1)C(=O)CN(c1ccc(C)c(Cl)c1)S(=O)(=O)c1ccccc1. The number of hydrogen-bond donors (Lipinski definition) is 1. The van der Waals surface area contributed by atoms with Gasteiger partial charge in [0.2, 0.25) is 11.8 Å². The number of unbranched alkanes of at least 4 members (excludes halogenated alkanes) is 1. The van der Waals surface area contributed by atoms with Crippen LogP contribution >= 0.6 is 27.5 Å². The smallest absolute Gasteiger partial charge is 0.264 e. The van der Waals surface area contributed by atoms with Gasteiger partial charge in [0.1, 0.15) is 12.6 Å². The Morgan fingerprint density at radius 3 is 2.20 bits per heavy atom. The largest absolute Gasteiger partial charge is 0.354 e. The number of amides is 2. The maximum atomic E-state index is 14.5. The molecule has 10 heteroatoms. The van der Waals surface area contributed by atoms with Gasteiger partial charge in [-0.1, -0.05) is 108 Å². The summed E-state index contributed by atoms with van der Waals surface area (Å²) in [5.41, 5.74) is 2.68. The molecule has 0 aliphatic heterocycles. The molecule has 1 N–H and O–H groups in total. The van der Waals surface area contributed by atoms with Crippen LogP contribution in [0.3, 0.4) is 0 Å². The minimum atomic E-state index is -4.20. The normalized spacial score (nSPS) is 11.9. The van der Waals surface area contributed by atoms with E-state index in [1.807, 2.05) is 68.4 Å². The number of nitrogens with one attached hydrogen (secondary N) is 1. The minimum Gasteiger partial charge on any atom is -0.354 e. The summed E-state index contributed by atoms with van der Waals surface area (Å²) in [7, 11) is -4.20. The average molecular weight is 711 g/mol. The molecular weight excluding hydrogens is 674 g/mol. The third-order valence-corrected chi connectivity index (χ3v) is 10.1. The van der Waals surface area contributed by atoms with Gasteiger partial charge in [0, 0.05) is 29.0 Å². The van der Waals surface area contributed by atoms with Crippen molar-refractivity contribution < 1.29 is 18.0 Å². The van der Waals surface area contributed by atoms with E-state index in [9.17, 15) is 18.0 Å². The van der Waals surface area contributed by atoms with Gasteiger partial charge in [-0.05, 0) is 66.4 Å². The first-order valence-electron chi connectivity index (χ1n) is 14.8. The Balaban J connectivity index is 1.80. The molecule has 0 aromatic heterocycles. The topological polar surface area (TPSA) is 86.8 Å². The maximum absolute atomic E-state index is 14.5. The maximum Gasteiger partial charge on any atom is 0.264 e. The van der Waals surface area contributed by atoms with E-state index in [2.05, 4.69) is 21.2 Å². The van der Waals surface area contributed by atoms with Crippen molar-refractivity contribution in [3.8, 4) is 0 Å². The zero-order valence-electron chi connectivity index (χ0n) is 25.3. The van der Waals surface area contributed by atoms with Crippen molar-refractivity contribution in [3.05, 3.63) is 129 Å². The molecule has 2 amide bonds. The lowest BCUT2D eigenvalue weighted by atomic mass is 10.0. The molecule has 4 aromatic carbocycles. The summed E-state index contributed by atoms with van der Waals surface area (Å²) in [6.45, 7) is 3.87. The number of halogens is 2. The minimum absolute atomic E-state index is 0.0335. The number of carbonyl (C=O) groups excluding carboxylic acids is 2. The Morgan fingerprint density at radius 2 is 1.56 bits per heavy atom. The molecule has 4 aromatic rings. The van der Waals surface area contributed by atoms with Gasteiger partial charge < -0.3 is 10.2 Å². The summed E-state index contributed by atoms with van der Waals surface area (Å²) < 4.78 is 30.1. The lowest BCUT2D eigenvalue weighted by Gasteiger charge is -2.34. The molecule has 7 nitrogen and oxygen atoms in total. The lowest BCUT2D eigenvalue weighted by Crippen LogP contribution is -2.53. The van der Waals surface area contributed by atoms with Crippen molar-refractivity contribution in [2.24, 2.45) is 0 Å². The fraction of sp³-hybridized carbons (Fsp3) is 0.257. The fourth-order valence-electron chi connectivity index (χ4n) is 4.88. The van der Waals surface area contributed by atoms with E-state index in [1.165, 1.54) is 17.0 Å². The molecule has 0 saturated carbocycles. The third-order valence-electron chi connectivity index (χ3n) is 7.40.